The van der Waals surface area contributed by atoms with E-state index in [9.17, 15) is 19.2 Å². The van der Waals surface area contributed by atoms with Gasteiger partial charge in [-0.05, 0) is 198 Å². The summed E-state index contributed by atoms with van der Waals surface area (Å²) >= 11 is 0. The quantitative estimate of drug-likeness (QED) is 0.0237. The zero-order valence-corrected chi connectivity index (χ0v) is 79.5. The maximum absolute atomic E-state index is 13.3. The summed E-state index contributed by atoms with van der Waals surface area (Å²) in [6.07, 6.45) is 27.0. The predicted molar refractivity (Wildman–Crippen MR) is 531 cm³/mol. The molecule has 0 spiro atoms. The molecule has 7 aliphatic rings. The highest BCUT2D eigenvalue weighted by molar-refractivity contribution is 6.01. The molecule has 3 saturated carbocycles. The predicted octanol–water partition coefficient (Wildman–Crippen LogP) is 16.5. The number of amides is 4. The van der Waals surface area contributed by atoms with Crippen molar-refractivity contribution in [2.24, 2.45) is 0 Å². The van der Waals surface area contributed by atoms with Crippen molar-refractivity contribution in [2.75, 3.05) is 160 Å². The molecular weight excluding hydrogens is 1670 g/mol. The highest BCUT2D eigenvalue weighted by Crippen LogP contribution is 2.39. The highest BCUT2D eigenvalue weighted by Gasteiger charge is 2.32. The van der Waals surface area contributed by atoms with Crippen LogP contribution in [0, 0.1) is 0 Å². The van der Waals surface area contributed by atoms with Gasteiger partial charge in [-0.2, -0.15) is 19.9 Å². The number of aromatic nitrogens is 12. The lowest BCUT2D eigenvalue weighted by molar-refractivity contribution is 0.0342. The number of piperazine rings is 2. The van der Waals surface area contributed by atoms with Gasteiger partial charge in [0.25, 0.3) is 23.6 Å². The number of hydrogen-bond acceptors (Lipinski definition) is 23. The molecule has 704 valence electrons. The van der Waals surface area contributed by atoms with Crippen LogP contribution in [0.2, 0.25) is 0 Å². The molecule has 0 atom stereocenters. The van der Waals surface area contributed by atoms with Gasteiger partial charge in [0, 0.05) is 226 Å². The molecule has 4 amide bonds. The third kappa shape index (κ3) is 23.1. The maximum Gasteiger partial charge on any atom is 0.270 e. The van der Waals surface area contributed by atoms with E-state index in [0.717, 1.165) is 236 Å². The van der Waals surface area contributed by atoms with Crippen molar-refractivity contribution in [3.8, 4) is 0 Å². The van der Waals surface area contributed by atoms with Gasteiger partial charge in [0.15, 0.2) is 0 Å². The topological polar surface area (TPSA) is 316 Å². The molecule has 31 nitrogen and oxygen atoms in total. The Morgan fingerprint density at radius 2 is 0.744 bits per heavy atom. The number of morpholine rings is 1. The van der Waals surface area contributed by atoms with E-state index in [1.807, 2.05) is 42.9 Å². The fraction of sp³-hybridized carbons (Fsp3) is 0.490. The second-order valence-electron chi connectivity index (χ2n) is 37.1. The van der Waals surface area contributed by atoms with Crippen LogP contribution in [0.15, 0.2) is 146 Å². The molecule has 19 rings (SSSR count). The Kier molecular flexibility index (Phi) is 31.7. The first-order valence-corrected chi connectivity index (χ1v) is 48.7. The van der Waals surface area contributed by atoms with Crippen LogP contribution in [-0.2, 0) is 17.8 Å². The molecule has 31 heteroatoms. The number of hydrogen-bond donors (Lipinski definition) is 8. The molecule has 133 heavy (non-hydrogen) atoms. The third-order valence-corrected chi connectivity index (χ3v) is 27.2. The summed E-state index contributed by atoms with van der Waals surface area (Å²) in [6, 6.07) is 43.0. The van der Waals surface area contributed by atoms with Crippen LogP contribution < -0.4 is 47.4 Å². The van der Waals surface area contributed by atoms with E-state index in [4.69, 9.17) is 24.7 Å². The van der Waals surface area contributed by atoms with E-state index in [2.05, 4.69) is 220 Å². The SMILES string of the molecule is CCC(CC)n1c(C(=O)N(C)C)cc2cnc(Nc3ccc(CN4CCNCC4)cc3)nc21.CCC(CC)n1c(C(=O)NC2CCCC2)cc2cnc(Nc3ccc(N4CCNCC4)cc3)nc21.CN(C)C(=O)c1cc2cnc(Nc3ccc(C4CCNCC4)cc3)nc2n1C1CCCC1.CN(C)C(=O)c1cc2cnc(Nc3ccc(CN4CCOCC4)cc3)nc2n1C1CCCC1. The Morgan fingerprint density at radius 1 is 0.398 bits per heavy atom. The molecule has 8 aromatic heterocycles. The molecular formula is C102H136N26O5. The first-order valence-electron chi connectivity index (χ1n) is 48.7. The smallest absolute Gasteiger partial charge is 0.270 e. The Hall–Kier alpha value is -12.0. The minimum Gasteiger partial charge on any atom is -0.379 e. The highest BCUT2D eigenvalue weighted by atomic mass is 16.5. The number of ether oxygens (including phenoxy) is 1. The average molecular weight is 1810 g/mol. The number of carbonyl (C=O) groups excluding carboxylic acids is 4. The minimum absolute atomic E-state index is 0.000175. The zero-order chi connectivity index (χ0) is 92.4. The number of fused-ring (bicyclic) bond motifs is 4. The van der Waals surface area contributed by atoms with Crippen LogP contribution >= 0.6 is 0 Å². The summed E-state index contributed by atoms with van der Waals surface area (Å²) in [5, 5.41) is 30.5. The van der Waals surface area contributed by atoms with Crippen molar-refractivity contribution in [3.63, 3.8) is 0 Å². The molecule has 4 saturated heterocycles. The largest absolute Gasteiger partial charge is 0.379 e. The number of rotatable bonds is 27. The molecule has 12 aromatic rings. The van der Waals surface area contributed by atoms with Crippen LogP contribution in [0.25, 0.3) is 44.1 Å². The summed E-state index contributed by atoms with van der Waals surface area (Å²) in [4.78, 5) is 102. The van der Waals surface area contributed by atoms with Gasteiger partial charge in [-0.15, -0.1) is 0 Å². The minimum atomic E-state index is -0.0190. The Bertz CT molecular complexity index is 5690. The Labute approximate surface area is 781 Å². The number of piperidine rings is 1. The van der Waals surface area contributed by atoms with Crippen molar-refractivity contribution >= 4 is 120 Å². The molecule has 8 N–H and O–H groups in total. The number of benzene rings is 4. The summed E-state index contributed by atoms with van der Waals surface area (Å²) in [7, 11) is 10.7. The first-order chi connectivity index (χ1) is 64.8. The van der Waals surface area contributed by atoms with E-state index in [0.29, 0.717) is 64.6 Å². The van der Waals surface area contributed by atoms with Crippen molar-refractivity contribution in [3.05, 3.63) is 186 Å². The molecule has 0 bridgehead atoms. The van der Waals surface area contributed by atoms with Crippen LogP contribution in [0.3, 0.4) is 0 Å². The lowest BCUT2D eigenvalue weighted by atomic mass is 9.90. The number of anilines is 9. The molecule has 4 aliphatic heterocycles. The van der Waals surface area contributed by atoms with Gasteiger partial charge < -0.3 is 85.1 Å². The maximum atomic E-state index is 13.3. The normalized spacial score (nSPS) is 16.7. The molecule has 7 fully saturated rings. The molecule has 12 heterocycles. The second kappa shape index (κ2) is 44.7. The van der Waals surface area contributed by atoms with Crippen LogP contribution in [0.1, 0.15) is 232 Å². The summed E-state index contributed by atoms with van der Waals surface area (Å²) in [6.45, 7) is 24.7. The third-order valence-electron chi connectivity index (χ3n) is 27.2. The first kappa shape index (κ1) is 94.2. The monoisotopic (exact) mass is 1810 g/mol. The van der Waals surface area contributed by atoms with Crippen molar-refractivity contribution in [1.82, 2.24) is 104 Å². The lowest BCUT2D eigenvalue weighted by Crippen LogP contribution is -2.43. The molecule has 0 unspecified atom stereocenters. The van der Waals surface area contributed by atoms with Gasteiger partial charge in [-0.3, -0.25) is 29.0 Å². The Morgan fingerprint density at radius 3 is 1.17 bits per heavy atom. The summed E-state index contributed by atoms with van der Waals surface area (Å²) < 4.78 is 13.9. The fourth-order valence-electron chi connectivity index (χ4n) is 19.8. The van der Waals surface area contributed by atoms with Crippen molar-refractivity contribution < 1.29 is 23.9 Å². The van der Waals surface area contributed by atoms with E-state index >= 15 is 0 Å². The van der Waals surface area contributed by atoms with E-state index in [1.165, 1.54) is 73.7 Å². The van der Waals surface area contributed by atoms with Crippen molar-refractivity contribution in [1.29, 1.82) is 0 Å². The number of nitrogens with one attached hydrogen (secondary N) is 8. The standard InChI is InChI=1S/C27H37N7O.C25H35N7O.C25H32N6O2.C25H32N6O/c1-3-22(4-2)34-24(26(35)30-20-7-5-6-8-20)17-19-18-29-27(32-25(19)34)31-21-9-11-23(12-10-21)33-15-13-28-14-16-33;1-5-21(6-2)32-22(24(33)30(3)4)15-19-16-27-25(29-23(19)32)28-20-9-7-18(8-10-20)17-31-13-11-26-12-14-31;1-29(2)24(32)22-15-19-16-26-25(28-23(19)31(22)21-5-3-4-6-21)27-20-9-7-18(8-10-20)17-30-11-13-33-14-12-30;1-30(2)24(32)22-15-19-16-27-25(29-23(19)31(22)21-5-3-4-6-21)28-20-9-7-17(8-10-20)18-11-13-26-14-12-18/h9-12,17-18,20,22,28H,3-8,13-16H2,1-2H3,(H,30,35)(H,29,31,32);7-10,15-16,21,26H,5-6,11-14,17H2,1-4H3,(H,27,28,29);7-10,15-16,21H,3-6,11-14,17H2,1-2H3,(H,26,27,28);7-10,15-16,18,21,26H,3-6,11-14H2,1-2H3,(H,27,28,29). The summed E-state index contributed by atoms with van der Waals surface area (Å²) in [5.41, 5.74) is 15.0. The zero-order valence-electron chi connectivity index (χ0n) is 79.5. The fourth-order valence-corrected chi connectivity index (χ4v) is 19.8. The van der Waals surface area contributed by atoms with Gasteiger partial charge in [0.05, 0.1) is 13.2 Å². The number of nitrogens with zero attached hydrogens (tertiary/aromatic N) is 18. The van der Waals surface area contributed by atoms with Gasteiger partial charge in [-0.1, -0.05) is 103 Å². The van der Waals surface area contributed by atoms with Gasteiger partial charge in [0.2, 0.25) is 23.8 Å². The number of carbonyl (C=O) groups is 4. The second-order valence-corrected chi connectivity index (χ2v) is 37.1. The molecule has 0 radical (unpaired) electrons. The van der Waals surface area contributed by atoms with E-state index < -0.39 is 0 Å². The van der Waals surface area contributed by atoms with Gasteiger partial charge >= 0.3 is 0 Å². The Balaban J connectivity index is 0.000000129. The van der Waals surface area contributed by atoms with Gasteiger partial charge in [0.1, 0.15) is 45.4 Å². The van der Waals surface area contributed by atoms with Gasteiger partial charge in [-0.25, -0.2) is 19.9 Å². The van der Waals surface area contributed by atoms with E-state index in [-0.39, 0.29) is 41.8 Å². The summed E-state index contributed by atoms with van der Waals surface area (Å²) in [5.74, 6) is 2.82. The van der Waals surface area contributed by atoms with Crippen LogP contribution in [0.5, 0.6) is 0 Å². The average Bonchev–Trinajstić information content (AvgIpc) is 1.63. The molecule has 4 aromatic carbocycles. The van der Waals surface area contributed by atoms with Crippen LogP contribution in [-0.4, -0.2) is 246 Å². The van der Waals surface area contributed by atoms with E-state index in [1.54, 1.807) is 63.2 Å². The molecule has 3 aliphatic carbocycles. The van der Waals surface area contributed by atoms with Crippen LogP contribution in [0.4, 0.5) is 52.2 Å². The lowest BCUT2D eigenvalue weighted by Gasteiger charge is -2.29. The van der Waals surface area contributed by atoms with Crippen molar-refractivity contribution in [2.45, 2.75) is 192 Å².